The van der Waals surface area contributed by atoms with E-state index in [4.69, 9.17) is 5.26 Å². The van der Waals surface area contributed by atoms with Crippen LogP contribution in [0.4, 0.5) is 0 Å². The van der Waals surface area contributed by atoms with Crippen LogP contribution in [0.5, 0.6) is 0 Å². The SMILES string of the molecule is N#Cc1ccc2nc3c(=O)[nH]c(=O)[nH]c3nc2c1. The van der Waals surface area contributed by atoms with Crippen molar-refractivity contribution < 1.29 is 0 Å². The average molecular weight is 239 g/mol. The van der Waals surface area contributed by atoms with Crippen LogP contribution in [0.25, 0.3) is 22.2 Å². The van der Waals surface area contributed by atoms with Crippen LogP contribution in [-0.4, -0.2) is 19.9 Å². The molecule has 2 aromatic heterocycles. The van der Waals surface area contributed by atoms with Crippen LogP contribution in [0.1, 0.15) is 5.56 Å². The summed E-state index contributed by atoms with van der Waals surface area (Å²) < 4.78 is 0. The third-order valence-electron chi connectivity index (χ3n) is 2.47. The number of hydrogen-bond donors (Lipinski definition) is 2. The summed E-state index contributed by atoms with van der Waals surface area (Å²) in [7, 11) is 0. The van der Waals surface area contributed by atoms with Gasteiger partial charge in [0.15, 0.2) is 11.2 Å². The molecule has 86 valence electrons. The number of aromatic amines is 2. The van der Waals surface area contributed by atoms with Gasteiger partial charge in [-0.1, -0.05) is 0 Å². The summed E-state index contributed by atoms with van der Waals surface area (Å²) in [5.74, 6) is 0. The molecule has 3 rings (SSSR count). The first-order chi connectivity index (χ1) is 8.67. The number of benzene rings is 1. The zero-order valence-corrected chi connectivity index (χ0v) is 8.89. The van der Waals surface area contributed by atoms with Crippen molar-refractivity contribution in [2.75, 3.05) is 0 Å². The van der Waals surface area contributed by atoms with Crippen molar-refractivity contribution in [1.82, 2.24) is 19.9 Å². The first-order valence-corrected chi connectivity index (χ1v) is 5.01. The maximum absolute atomic E-state index is 11.5. The third kappa shape index (κ3) is 1.44. The zero-order chi connectivity index (χ0) is 12.7. The Labute approximate surface area is 98.8 Å². The number of nitriles is 1. The van der Waals surface area contributed by atoms with Crippen LogP contribution in [0.15, 0.2) is 27.8 Å². The zero-order valence-electron chi connectivity index (χ0n) is 8.89. The minimum atomic E-state index is -0.641. The number of rotatable bonds is 0. The van der Waals surface area contributed by atoms with Gasteiger partial charge in [-0.05, 0) is 18.2 Å². The number of fused-ring (bicyclic) bond motifs is 2. The monoisotopic (exact) mass is 239 g/mol. The van der Waals surface area contributed by atoms with Gasteiger partial charge in [-0.2, -0.15) is 5.26 Å². The van der Waals surface area contributed by atoms with Crippen molar-refractivity contribution in [1.29, 1.82) is 5.26 Å². The fraction of sp³-hybridized carbons (Fsp3) is 0. The Hall–Kier alpha value is -3.01. The van der Waals surface area contributed by atoms with Crippen LogP contribution in [0.3, 0.4) is 0 Å². The third-order valence-corrected chi connectivity index (χ3v) is 2.47. The minimum Gasteiger partial charge on any atom is -0.290 e. The maximum atomic E-state index is 11.5. The molecule has 0 spiro atoms. The molecule has 0 radical (unpaired) electrons. The van der Waals surface area contributed by atoms with Gasteiger partial charge in [-0.15, -0.1) is 0 Å². The van der Waals surface area contributed by atoms with Crippen LogP contribution in [0, 0.1) is 11.3 Å². The summed E-state index contributed by atoms with van der Waals surface area (Å²) in [6.07, 6.45) is 0. The van der Waals surface area contributed by atoms with Gasteiger partial charge < -0.3 is 0 Å². The maximum Gasteiger partial charge on any atom is 0.327 e. The number of aromatic nitrogens is 4. The van der Waals surface area contributed by atoms with E-state index in [0.717, 1.165) is 0 Å². The van der Waals surface area contributed by atoms with Crippen molar-refractivity contribution in [3.05, 3.63) is 44.6 Å². The van der Waals surface area contributed by atoms with Crippen molar-refractivity contribution >= 4 is 22.2 Å². The summed E-state index contributed by atoms with van der Waals surface area (Å²) in [6, 6.07) is 6.71. The highest BCUT2D eigenvalue weighted by molar-refractivity contribution is 5.84. The molecule has 7 nitrogen and oxygen atoms in total. The molecule has 1 aromatic carbocycles. The molecule has 0 aliphatic heterocycles. The molecule has 18 heavy (non-hydrogen) atoms. The molecule has 7 heteroatoms. The second-order valence-corrected chi connectivity index (χ2v) is 3.64. The highest BCUT2D eigenvalue weighted by Crippen LogP contribution is 2.13. The summed E-state index contributed by atoms with van der Waals surface area (Å²) in [6.45, 7) is 0. The Balaban J connectivity index is 2.52. The Bertz CT molecular complexity index is 932. The summed E-state index contributed by atoms with van der Waals surface area (Å²) in [4.78, 5) is 35.4. The van der Waals surface area contributed by atoms with Gasteiger partial charge in [0.2, 0.25) is 0 Å². The Kier molecular flexibility index (Phi) is 1.97. The lowest BCUT2D eigenvalue weighted by atomic mass is 10.2. The van der Waals surface area contributed by atoms with E-state index in [-0.39, 0.29) is 11.2 Å². The molecule has 0 amide bonds. The van der Waals surface area contributed by atoms with Crippen molar-refractivity contribution in [2.45, 2.75) is 0 Å². The molecule has 0 aliphatic rings. The van der Waals surface area contributed by atoms with Gasteiger partial charge in [0.05, 0.1) is 22.7 Å². The summed E-state index contributed by atoms with van der Waals surface area (Å²) >= 11 is 0. The van der Waals surface area contributed by atoms with Crippen LogP contribution >= 0.6 is 0 Å². The Morgan fingerprint density at radius 3 is 2.72 bits per heavy atom. The second-order valence-electron chi connectivity index (χ2n) is 3.64. The predicted octanol–water partition coefficient (Wildman–Crippen LogP) is 0.0313. The molecular formula is C11H5N5O2. The number of nitrogens with zero attached hydrogens (tertiary/aromatic N) is 3. The van der Waals surface area contributed by atoms with Crippen molar-refractivity contribution in [3.63, 3.8) is 0 Å². The fourth-order valence-corrected chi connectivity index (χ4v) is 1.67. The molecule has 0 saturated heterocycles. The number of H-pyrrole nitrogens is 2. The topological polar surface area (TPSA) is 115 Å². The van der Waals surface area contributed by atoms with E-state index in [0.29, 0.717) is 16.6 Å². The first kappa shape index (κ1) is 10.2. The highest BCUT2D eigenvalue weighted by atomic mass is 16.2. The van der Waals surface area contributed by atoms with Crippen LogP contribution < -0.4 is 11.2 Å². The molecule has 3 aromatic rings. The molecule has 2 heterocycles. The Morgan fingerprint density at radius 2 is 1.94 bits per heavy atom. The van der Waals surface area contributed by atoms with Crippen molar-refractivity contribution in [3.8, 4) is 6.07 Å². The normalized spacial score (nSPS) is 10.6. The lowest BCUT2D eigenvalue weighted by molar-refractivity contribution is 1.05. The van der Waals surface area contributed by atoms with Crippen LogP contribution in [-0.2, 0) is 0 Å². The predicted molar refractivity (Wildman–Crippen MR) is 63.0 cm³/mol. The van der Waals surface area contributed by atoms with E-state index in [9.17, 15) is 9.59 Å². The Morgan fingerprint density at radius 1 is 1.11 bits per heavy atom. The highest BCUT2D eigenvalue weighted by Gasteiger charge is 2.06. The first-order valence-electron chi connectivity index (χ1n) is 5.01. The van der Waals surface area contributed by atoms with E-state index in [1.54, 1.807) is 18.2 Å². The lowest BCUT2D eigenvalue weighted by Crippen LogP contribution is -2.23. The molecule has 0 aliphatic carbocycles. The molecule has 0 atom stereocenters. The molecule has 0 unspecified atom stereocenters. The summed E-state index contributed by atoms with van der Waals surface area (Å²) in [5.41, 5.74) is 0.299. The number of hydrogen-bond acceptors (Lipinski definition) is 5. The van der Waals surface area contributed by atoms with E-state index in [2.05, 4.69) is 19.9 Å². The van der Waals surface area contributed by atoms with Gasteiger partial charge >= 0.3 is 5.69 Å². The minimum absolute atomic E-state index is 0.0619. The average Bonchev–Trinajstić information content (AvgIpc) is 2.36. The largest absolute Gasteiger partial charge is 0.327 e. The van der Waals surface area contributed by atoms with Crippen molar-refractivity contribution in [2.24, 2.45) is 0 Å². The fourth-order valence-electron chi connectivity index (χ4n) is 1.67. The van der Waals surface area contributed by atoms with E-state index in [1.807, 2.05) is 6.07 Å². The lowest BCUT2D eigenvalue weighted by Gasteiger charge is -1.99. The standard InChI is InChI=1S/C11H5N5O2/c12-4-5-1-2-6-7(3-5)14-9-8(13-6)10(17)16-11(18)15-9/h1-3H,(H2,14,15,16,17,18). The quantitative estimate of drug-likeness (QED) is 0.537. The van der Waals surface area contributed by atoms with E-state index in [1.165, 1.54) is 0 Å². The summed E-state index contributed by atoms with van der Waals surface area (Å²) in [5, 5.41) is 8.79. The van der Waals surface area contributed by atoms with Gasteiger partial charge in [-0.25, -0.2) is 14.8 Å². The van der Waals surface area contributed by atoms with Gasteiger partial charge in [0.1, 0.15) is 0 Å². The second kappa shape index (κ2) is 3.49. The smallest absolute Gasteiger partial charge is 0.290 e. The van der Waals surface area contributed by atoms with Gasteiger partial charge in [0, 0.05) is 0 Å². The molecule has 0 fully saturated rings. The van der Waals surface area contributed by atoms with E-state index < -0.39 is 11.2 Å². The van der Waals surface area contributed by atoms with Gasteiger partial charge in [0.25, 0.3) is 5.56 Å². The van der Waals surface area contributed by atoms with Crippen LogP contribution in [0.2, 0.25) is 0 Å². The number of nitrogens with one attached hydrogen (secondary N) is 2. The molecule has 0 bridgehead atoms. The van der Waals surface area contributed by atoms with Gasteiger partial charge in [-0.3, -0.25) is 14.8 Å². The molecular weight excluding hydrogens is 234 g/mol. The molecule has 2 N–H and O–H groups in total. The molecule has 0 saturated carbocycles. The van der Waals surface area contributed by atoms with E-state index >= 15 is 0 Å².